The minimum atomic E-state index is -0.505. The van der Waals surface area contributed by atoms with Gasteiger partial charge in [-0.25, -0.2) is 0 Å². The van der Waals surface area contributed by atoms with E-state index in [9.17, 15) is 4.79 Å². The van der Waals surface area contributed by atoms with Gasteiger partial charge in [0.2, 0.25) is 0 Å². The van der Waals surface area contributed by atoms with E-state index in [0.717, 1.165) is 47.8 Å². The molecule has 1 aromatic heterocycles. The molecule has 1 unspecified atom stereocenters. The fourth-order valence-electron chi connectivity index (χ4n) is 3.02. The Bertz CT molecular complexity index is 690. The SMILES string of the molecule is C/C=C(\C)C1=Cc2c(CC3CCNC3)nnc(C(N)=O)c2SC1. The first-order valence-electron chi connectivity index (χ1n) is 7.97. The van der Waals surface area contributed by atoms with E-state index in [0.29, 0.717) is 11.6 Å². The van der Waals surface area contributed by atoms with Gasteiger partial charge in [0.1, 0.15) is 0 Å². The Labute approximate surface area is 140 Å². The van der Waals surface area contributed by atoms with Crippen LogP contribution in [-0.2, 0) is 6.42 Å². The van der Waals surface area contributed by atoms with E-state index in [1.165, 1.54) is 11.1 Å². The Morgan fingerprint density at radius 1 is 1.52 bits per heavy atom. The van der Waals surface area contributed by atoms with Gasteiger partial charge in [0, 0.05) is 11.3 Å². The molecule has 2 aliphatic rings. The summed E-state index contributed by atoms with van der Waals surface area (Å²) in [6, 6.07) is 0. The first-order chi connectivity index (χ1) is 11.1. The van der Waals surface area contributed by atoms with Gasteiger partial charge in [-0.3, -0.25) is 4.79 Å². The molecule has 3 rings (SSSR count). The maximum atomic E-state index is 11.7. The third kappa shape index (κ3) is 3.33. The van der Waals surface area contributed by atoms with Crippen LogP contribution in [0.25, 0.3) is 6.08 Å². The predicted octanol–water partition coefficient (Wildman–Crippen LogP) is 2.18. The standard InChI is InChI=1S/C17H22N4OS/c1-3-10(2)12-7-13-14(6-11-4-5-19-8-11)20-21-15(17(18)22)16(13)23-9-12/h3,7,11,19H,4-6,8-9H2,1-2H3,(H2,18,22)/b10-3+. The Morgan fingerprint density at radius 2 is 2.35 bits per heavy atom. The lowest BCUT2D eigenvalue weighted by atomic mass is 9.97. The highest BCUT2D eigenvalue weighted by atomic mass is 32.2. The molecule has 1 atom stereocenters. The molecule has 0 aliphatic carbocycles. The van der Waals surface area contributed by atoms with Crippen LogP contribution >= 0.6 is 11.8 Å². The summed E-state index contributed by atoms with van der Waals surface area (Å²) in [7, 11) is 0. The second kappa shape index (κ2) is 6.84. The second-order valence-corrected chi connectivity index (χ2v) is 7.08. The molecule has 0 aromatic carbocycles. The minimum Gasteiger partial charge on any atom is -0.364 e. The predicted molar refractivity (Wildman–Crippen MR) is 93.4 cm³/mol. The summed E-state index contributed by atoms with van der Waals surface area (Å²) >= 11 is 1.64. The summed E-state index contributed by atoms with van der Waals surface area (Å²) in [5.41, 5.74) is 10.3. The smallest absolute Gasteiger partial charge is 0.270 e. The first-order valence-corrected chi connectivity index (χ1v) is 8.95. The number of allylic oxidation sites excluding steroid dienone is 2. The molecule has 0 bridgehead atoms. The van der Waals surface area contributed by atoms with Gasteiger partial charge in [0.05, 0.1) is 10.6 Å². The number of nitrogens with two attached hydrogens (primary N) is 1. The van der Waals surface area contributed by atoms with Crippen LogP contribution in [0.5, 0.6) is 0 Å². The van der Waals surface area contributed by atoms with Crippen LogP contribution in [0.1, 0.15) is 42.0 Å². The van der Waals surface area contributed by atoms with Gasteiger partial charge >= 0.3 is 0 Å². The number of nitrogens with one attached hydrogen (secondary N) is 1. The summed E-state index contributed by atoms with van der Waals surface area (Å²) in [5.74, 6) is 0.911. The molecule has 0 spiro atoms. The maximum absolute atomic E-state index is 11.7. The molecule has 23 heavy (non-hydrogen) atoms. The van der Waals surface area contributed by atoms with E-state index in [-0.39, 0.29) is 0 Å². The number of hydrogen-bond acceptors (Lipinski definition) is 5. The molecule has 0 radical (unpaired) electrons. The molecular formula is C17H22N4OS. The van der Waals surface area contributed by atoms with Crippen molar-refractivity contribution in [3.05, 3.63) is 34.2 Å². The molecule has 1 saturated heterocycles. The third-order valence-corrected chi connectivity index (χ3v) is 5.71. The van der Waals surface area contributed by atoms with E-state index in [4.69, 9.17) is 5.73 Å². The van der Waals surface area contributed by atoms with Crippen molar-refractivity contribution < 1.29 is 4.79 Å². The molecule has 6 heteroatoms. The van der Waals surface area contributed by atoms with Crippen LogP contribution in [-0.4, -0.2) is 34.9 Å². The molecule has 0 saturated carbocycles. The molecule has 3 heterocycles. The zero-order valence-corrected chi connectivity index (χ0v) is 14.4. The molecule has 1 aromatic rings. The van der Waals surface area contributed by atoms with E-state index >= 15 is 0 Å². The Kier molecular flexibility index (Phi) is 4.82. The van der Waals surface area contributed by atoms with Gasteiger partial charge in [-0.05, 0) is 57.3 Å². The lowest BCUT2D eigenvalue weighted by Crippen LogP contribution is -2.20. The van der Waals surface area contributed by atoms with Gasteiger partial charge in [-0.2, -0.15) is 5.10 Å². The van der Waals surface area contributed by atoms with Crippen molar-refractivity contribution in [2.75, 3.05) is 18.8 Å². The Balaban J connectivity index is 2.05. The second-order valence-electron chi connectivity index (χ2n) is 6.10. The van der Waals surface area contributed by atoms with Crippen molar-refractivity contribution in [3.8, 4) is 0 Å². The van der Waals surface area contributed by atoms with Crippen molar-refractivity contribution in [1.82, 2.24) is 15.5 Å². The topological polar surface area (TPSA) is 80.9 Å². The number of aromatic nitrogens is 2. The summed E-state index contributed by atoms with van der Waals surface area (Å²) in [5, 5.41) is 11.8. The van der Waals surface area contributed by atoms with E-state index in [2.05, 4.69) is 34.6 Å². The number of rotatable bonds is 4. The molecule has 2 aliphatic heterocycles. The van der Waals surface area contributed by atoms with Crippen LogP contribution in [0.4, 0.5) is 0 Å². The molecule has 1 amide bonds. The summed E-state index contributed by atoms with van der Waals surface area (Å²) in [4.78, 5) is 12.6. The van der Waals surface area contributed by atoms with Crippen molar-refractivity contribution in [2.24, 2.45) is 11.7 Å². The average molecular weight is 330 g/mol. The quantitative estimate of drug-likeness (QED) is 0.884. The van der Waals surface area contributed by atoms with Crippen LogP contribution in [0, 0.1) is 5.92 Å². The number of amides is 1. The number of thioether (sulfide) groups is 1. The summed E-state index contributed by atoms with van der Waals surface area (Å²) < 4.78 is 0. The van der Waals surface area contributed by atoms with Crippen LogP contribution in [0.3, 0.4) is 0 Å². The zero-order chi connectivity index (χ0) is 16.4. The molecule has 5 nitrogen and oxygen atoms in total. The first kappa shape index (κ1) is 16.2. The monoisotopic (exact) mass is 330 g/mol. The largest absolute Gasteiger partial charge is 0.364 e. The lowest BCUT2D eigenvalue weighted by molar-refractivity contribution is 0.0991. The third-order valence-electron chi connectivity index (χ3n) is 4.55. The van der Waals surface area contributed by atoms with Crippen molar-refractivity contribution in [3.63, 3.8) is 0 Å². The Morgan fingerprint density at radius 3 is 3.00 bits per heavy atom. The fourth-order valence-corrected chi connectivity index (χ4v) is 4.24. The van der Waals surface area contributed by atoms with E-state index < -0.39 is 5.91 Å². The van der Waals surface area contributed by atoms with Gasteiger partial charge in [0.25, 0.3) is 5.91 Å². The highest BCUT2D eigenvalue weighted by Crippen LogP contribution is 2.37. The minimum absolute atomic E-state index is 0.298. The van der Waals surface area contributed by atoms with Crippen LogP contribution < -0.4 is 11.1 Å². The molecule has 3 N–H and O–H groups in total. The van der Waals surface area contributed by atoms with E-state index in [1.807, 2.05) is 6.92 Å². The van der Waals surface area contributed by atoms with Gasteiger partial charge < -0.3 is 11.1 Å². The van der Waals surface area contributed by atoms with Crippen LogP contribution in [0.15, 0.2) is 22.1 Å². The number of carbonyl (C=O) groups is 1. The van der Waals surface area contributed by atoms with Gasteiger partial charge in [-0.15, -0.1) is 16.9 Å². The molecular weight excluding hydrogens is 308 g/mol. The number of fused-ring (bicyclic) bond motifs is 1. The maximum Gasteiger partial charge on any atom is 0.270 e. The number of carbonyl (C=O) groups excluding carboxylic acids is 1. The number of hydrogen-bond donors (Lipinski definition) is 2. The van der Waals surface area contributed by atoms with Gasteiger partial charge in [-0.1, -0.05) is 11.6 Å². The Hall–Kier alpha value is -1.66. The fraction of sp³-hybridized carbons (Fsp3) is 0.471. The number of nitrogens with zero attached hydrogens (tertiary/aromatic N) is 2. The van der Waals surface area contributed by atoms with Crippen molar-refractivity contribution >= 4 is 23.7 Å². The summed E-state index contributed by atoms with van der Waals surface area (Å²) in [6.07, 6.45) is 6.33. The van der Waals surface area contributed by atoms with Gasteiger partial charge in [0.15, 0.2) is 5.69 Å². The normalized spacial score (nSPS) is 21.0. The summed E-state index contributed by atoms with van der Waals surface area (Å²) in [6.45, 7) is 6.24. The average Bonchev–Trinajstić information content (AvgIpc) is 3.06. The lowest BCUT2D eigenvalue weighted by Gasteiger charge is -2.21. The number of primary amides is 1. The highest BCUT2D eigenvalue weighted by molar-refractivity contribution is 7.99. The zero-order valence-electron chi connectivity index (χ0n) is 13.6. The highest BCUT2D eigenvalue weighted by Gasteiger charge is 2.25. The molecule has 122 valence electrons. The van der Waals surface area contributed by atoms with Crippen molar-refractivity contribution in [2.45, 2.75) is 31.6 Å². The van der Waals surface area contributed by atoms with Crippen molar-refractivity contribution in [1.29, 1.82) is 0 Å². The van der Waals surface area contributed by atoms with E-state index in [1.54, 1.807) is 11.8 Å². The molecule has 1 fully saturated rings. The van der Waals surface area contributed by atoms with Crippen LogP contribution in [0.2, 0.25) is 0 Å².